The first kappa shape index (κ1) is 61.2. The van der Waals surface area contributed by atoms with Crippen molar-refractivity contribution in [1.29, 1.82) is 0 Å². The minimum atomic E-state index is -1.04. The molecule has 13 nitrogen and oxygen atoms in total. The molecule has 6 heterocycles. The summed E-state index contributed by atoms with van der Waals surface area (Å²) in [6.07, 6.45) is -2.53. The summed E-state index contributed by atoms with van der Waals surface area (Å²) >= 11 is 5.71. The average Bonchev–Trinajstić information content (AvgIpc) is 3.31. The fourth-order valence-electron chi connectivity index (χ4n) is 7.68. The van der Waals surface area contributed by atoms with Crippen molar-refractivity contribution in [3.63, 3.8) is 0 Å². The summed E-state index contributed by atoms with van der Waals surface area (Å²) in [5.41, 5.74) is 7.19. The van der Waals surface area contributed by atoms with E-state index in [1.54, 1.807) is 31.7 Å². The van der Waals surface area contributed by atoms with Crippen LogP contribution in [0.25, 0.3) is 32.7 Å². The number of nitrogens with two attached hydrogens (primary N) is 1. The molecule has 6 atom stereocenters. The molecule has 394 valence electrons. The van der Waals surface area contributed by atoms with Crippen molar-refractivity contribution in [2.24, 2.45) is 5.73 Å². The molecule has 3 aromatic carbocycles. The van der Waals surface area contributed by atoms with E-state index in [0.717, 1.165) is 45.1 Å². The Morgan fingerprint density at radius 1 is 0.597 bits per heavy atom. The molecule has 6 aromatic rings. The Kier molecular flexibility index (Phi) is 24.1. The van der Waals surface area contributed by atoms with E-state index in [9.17, 15) is 22.8 Å². The summed E-state index contributed by atoms with van der Waals surface area (Å²) < 4.78 is 51.7. The molecule has 20 heteroatoms. The lowest BCUT2D eigenvalue weighted by molar-refractivity contribution is 0.0132. The highest BCUT2D eigenvalue weighted by molar-refractivity contribution is 6.29. The number of halogens is 7. The zero-order chi connectivity index (χ0) is 49.7. The van der Waals surface area contributed by atoms with Crippen LogP contribution in [-0.2, 0) is 9.47 Å². The van der Waals surface area contributed by atoms with E-state index in [0.29, 0.717) is 43.4 Å². The van der Waals surface area contributed by atoms with Gasteiger partial charge in [0, 0.05) is 48.9 Å². The molecule has 3 aliphatic heterocycles. The third-order valence-electron chi connectivity index (χ3n) is 11.2. The second-order valence-corrected chi connectivity index (χ2v) is 19.6. The first-order valence-electron chi connectivity index (χ1n) is 23.4. The van der Waals surface area contributed by atoms with Crippen LogP contribution in [-0.4, -0.2) is 124 Å². The van der Waals surface area contributed by atoms with Gasteiger partial charge in [-0.15, -0.1) is 37.2 Å². The number of hydrogen-bond acceptors (Lipinski definition) is 11. The normalized spacial score (nSPS) is 20.7. The maximum absolute atomic E-state index is 14.4. The van der Waals surface area contributed by atoms with Crippen LogP contribution in [0.5, 0.6) is 0 Å². The Bertz CT molecular complexity index is 2630. The van der Waals surface area contributed by atoms with Gasteiger partial charge in [0.25, 0.3) is 0 Å². The zero-order valence-corrected chi connectivity index (χ0v) is 44.6. The maximum atomic E-state index is 14.4. The smallest absolute Gasteiger partial charge is 0.410 e. The van der Waals surface area contributed by atoms with E-state index in [4.69, 9.17) is 26.8 Å². The van der Waals surface area contributed by atoms with Gasteiger partial charge in [-0.05, 0) is 122 Å². The molecule has 3 aromatic heterocycles. The summed E-state index contributed by atoms with van der Waals surface area (Å²) in [7, 11) is 0. The standard InChI is InChI=1S/C19H24FN3O2.C14H16FN3.C10H19FN2O2.C9H6ClN.3ClH/c1-19(2,3)25-18(24)23-11-10-14(20)16(12-23)22-17-9-8-13-6-4-5-7-15(13)21-17;15-11-7-8-16-9-13(11)18-14-6-5-10-3-1-2-4-12(10)17-14;1-10(2,3)15-9(14)13-5-4-7(11)8(12)6-13;10-9-6-5-7-3-1-2-4-8(7)11-9;;;/h4-9,14,16H,10-12H2,1-3H3,(H,21,22);1-6,11,13,16H,7-9H2,(H,17,18);7-8H,4-6,12H2,1-3H3;1-6H;3*1H/t14-,16+;11-,13+;7-,8+;;;;/m111..../s1. The largest absolute Gasteiger partial charge is 0.444 e. The lowest BCUT2D eigenvalue weighted by Crippen LogP contribution is -2.52. The number of nitrogens with one attached hydrogen (secondary N) is 3. The number of hydrogen-bond donors (Lipinski definition) is 4. The summed E-state index contributed by atoms with van der Waals surface area (Å²) in [5, 5.41) is 13.3. The number of nitrogens with zero attached hydrogens (tertiary/aromatic N) is 5. The lowest BCUT2D eigenvalue weighted by atomic mass is 10.0. The van der Waals surface area contributed by atoms with Crippen LogP contribution in [0.1, 0.15) is 60.8 Å². The van der Waals surface area contributed by atoms with E-state index in [2.05, 4.69) is 30.9 Å². The number of ether oxygens (including phenoxy) is 2. The van der Waals surface area contributed by atoms with Crippen molar-refractivity contribution in [2.75, 3.05) is 49.9 Å². The van der Waals surface area contributed by atoms with Crippen molar-refractivity contribution >= 4 is 105 Å². The number of rotatable bonds is 4. The number of carbonyl (C=O) groups is 2. The van der Waals surface area contributed by atoms with Crippen molar-refractivity contribution in [3.8, 4) is 0 Å². The molecule has 0 saturated carbocycles. The van der Waals surface area contributed by atoms with Gasteiger partial charge in [-0.25, -0.2) is 37.7 Å². The minimum Gasteiger partial charge on any atom is -0.444 e. The van der Waals surface area contributed by atoms with Gasteiger partial charge in [-0.2, -0.15) is 0 Å². The fraction of sp³-hybridized carbons (Fsp3) is 0.442. The number of alkyl halides is 3. The number of piperidine rings is 3. The number of likely N-dealkylation sites (tertiary alicyclic amines) is 2. The Balaban J connectivity index is 0.000000260. The fourth-order valence-corrected chi connectivity index (χ4v) is 7.83. The Labute approximate surface area is 444 Å². The second-order valence-electron chi connectivity index (χ2n) is 19.2. The van der Waals surface area contributed by atoms with Crippen molar-refractivity contribution < 1.29 is 32.2 Å². The van der Waals surface area contributed by atoms with Crippen LogP contribution in [0.4, 0.5) is 34.4 Å². The van der Waals surface area contributed by atoms with Gasteiger partial charge in [0.15, 0.2) is 0 Å². The summed E-state index contributed by atoms with van der Waals surface area (Å²) in [5.74, 6) is 1.35. The number of benzene rings is 3. The second kappa shape index (κ2) is 28.4. The van der Waals surface area contributed by atoms with Crippen LogP contribution >= 0.6 is 48.8 Å². The van der Waals surface area contributed by atoms with Gasteiger partial charge in [-0.1, -0.05) is 66.2 Å². The zero-order valence-electron chi connectivity index (χ0n) is 41.4. The number of pyridine rings is 3. The summed E-state index contributed by atoms with van der Waals surface area (Å²) in [6, 6.07) is 33.8. The number of aromatic nitrogens is 3. The van der Waals surface area contributed by atoms with Gasteiger partial charge in [-0.3, -0.25) is 0 Å². The Morgan fingerprint density at radius 2 is 1.01 bits per heavy atom. The predicted octanol–water partition coefficient (Wildman–Crippen LogP) is 11.8. The molecule has 3 fully saturated rings. The van der Waals surface area contributed by atoms with E-state index in [-0.39, 0.29) is 62.8 Å². The van der Waals surface area contributed by atoms with Crippen LogP contribution in [0.15, 0.2) is 109 Å². The average molecular weight is 1080 g/mol. The van der Waals surface area contributed by atoms with E-state index in [1.807, 2.05) is 124 Å². The molecule has 3 saturated heterocycles. The molecule has 0 unspecified atom stereocenters. The van der Waals surface area contributed by atoms with E-state index >= 15 is 0 Å². The van der Waals surface area contributed by atoms with Crippen molar-refractivity contribution in [1.82, 2.24) is 30.1 Å². The number of amides is 2. The van der Waals surface area contributed by atoms with Crippen molar-refractivity contribution in [3.05, 3.63) is 114 Å². The molecule has 2 amide bonds. The minimum absolute atomic E-state index is 0. The molecular weight excluding hydrogens is 1010 g/mol. The molecule has 5 N–H and O–H groups in total. The van der Waals surface area contributed by atoms with E-state index < -0.39 is 54.0 Å². The summed E-state index contributed by atoms with van der Waals surface area (Å²) in [6.45, 7) is 13.5. The quantitative estimate of drug-likeness (QED) is 0.124. The highest BCUT2D eigenvalue weighted by Crippen LogP contribution is 2.23. The van der Waals surface area contributed by atoms with Gasteiger partial charge in [0.1, 0.15) is 46.5 Å². The monoisotopic (exact) mass is 1080 g/mol. The molecule has 0 bridgehead atoms. The molecule has 0 spiro atoms. The topological polar surface area (TPSA) is 160 Å². The first-order chi connectivity index (χ1) is 32.8. The van der Waals surface area contributed by atoms with Crippen LogP contribution in [0.2, 0.25) is 5.15 Å². The number of para-hydroxylation sites is 3. The molecule has 3 aliphatic rings. The highest BCUT2D eigenvalue weighted by atomic mass is 35.5. The molecule has 0 radical (unpaired) electrons. The third-order valence-corrected chi connectivity index (χ3v) is 11.4. The number of carbonyl (C=O) groups excluding carboxylic acids is 2. The Hall–Kier alpha value is -5.10. The number of anilines is 2. The van der Waals surface area contributed by atoms with Crippen LogP contribution in [0.3, 0.4) is 0 Å². The van der Waals surface area contributed by atoms with Gasteiger partial charge < -0.3 is 41.0 Å². The molecular formula is C52H68Cl4F3N9O4. The molecule has 72 heavy (non-hydrogen) atoms. The molecule has 0 aliphatic carbocycles. The predicted molar refractivity (Wildman–Crippen MR) is 292 cm³/mol. The SMILES string of the molecule is CC(C)(C)OC(=O)N1CC[C@@H](F)[C@@H](N)C1.CC(C)(C)OC(=O)N1CC[C@@H](F)[C@@H](Nc2ccc3ccccc3n2)C1.Cl.Cl.Cl.Clc1ccc2ccccc2n1.F[C@@H]1CCNC[C@@H]1Nc1ccc2ccccc2n1. The van der Waals surface area contributed by atoms with Gasteiger partial charge >= 0.3 is 12.2 Å². The van der Waals surface area contributed by atoms with Gasteiger partial charge in [0.2, 0.25) is 0 Å². The first-order valence-corrected chi connectivity index (χ1v) is 23.8. The lowest BCUT2D eigenvalue weighted by Gasteiger charge is -2.36. The van der Waals surface area contributed by atoms with Gasteiger partial charge in [0.05, 0.1) is 34.7 Å². The third kappa shape index (κ3) is 19.1. The Morgan fingerprint density at radius 3 is 1.49 bits per heavy atom. The highest BCUT2D eigenvalue weighted by Gasteiger charge is 2.34. The molecule has 9 rings (SSSR count). The van der Waals surface area contributed by atoms with Crippen LogP contribution in [0, 0.1) is 0 Å². The van der Waals surface area contributed by atoms with Crippen LogP contribution < -0.4 is 21.7 Å². The van der Waals surface area contributed by atoms with Crippen molar-refractivity contribution in [2.45, 2.75) is 109 Å². The van der Waals surface area contributed by atoms with E-state index in [1.165, 1.54) is 4.90 Å². The maximum Gasteiger partial charge on any atom is 0.410 e. The number of fused-ring (bicyclic) bond motifs is 3. The summed E-state index contributed by atoms with van der Waals surface area (Å²) in [4.78, 5) is 40.0.